The molecular weight excluding hydrogens is 662 g/mol. The number of carbonyl (C=O) groups is 2. The highest BCUT2D eigenvalue weighted by molar-refractivity contribution is 5.88. The van der Waals surface area contributed by atoms with Crippen LogP contribution >= 0.6 is 0 Å². The summed E-state index contributed by atoms with van der Waals surface area (Å²) in [6.07, 6.45) is 6.70. The van der Waals surface area contributed by atoms with Gasteiger partial charge in [-0.15, -0.1) is 0 Å². The van der Waals surface area contributed by atoms with Crippen molar-refractivity contribution in [2.45, 2.75) is 121 Å². The summed E-state index contributed by atoms with van der Waals surface area (Å²) in [5.41, 5.74) is 17.5. The first-order chi connectivity index (χ1) is 25.1. The average molecular weight is 726 g/mol. The van der Waals surface area contributed by atoms with Crippen molar-refractivity contribution in [2.75, 3.05) is 32.8 Å². The number of hydrogen-bond acceptors (Lipinski definition) is 10. The molecule has 3 aliphatic carbocycles. The van der Waals surface area contributed by atoms with Gasteiger partial charge in [0.05, 0.1) is 61.8 Å². The van der Waals surface area contributed by atoms with E-state index < -0.39 is 48.0 Å². The minimum Gasteiger partial charge on any atom is -0.456 e. The first-order valence-electron chi connectivity index (χ1n) is 20.4. The molecule has 0 radical (unpaired) electrons. The first-order valence-corrected chi connectivity index (χ1v) is 20.4. The molecule has 0 spiro atoms. The van der Waals surface area contributed by atoms with E-state index in [2.05, 4.69) is 35.9 Å². The number of piperidine rings is 2. The lowest BCUT2D eigenvalue weighted by atomic mass is 9.57. The van der Waals surface area contributed by atoms with Crippen LogP contribution in [0.5, 0.6) is 0 Å². The summed E-state index contributed by atoms with van der Waals surface area (Å²) in [6, 6.07) is 0. The summed E-state index contributed by atoms with van der Waals surface area (Å²) in [5, 5.41) is 30.4. The fraction of sp³-hybridized carbons (Fsp3) is 0.800. The Morgan fingerprint density at radius 2 is 1.96 bits per heavy atom. The molecule has 0 aromatic rings. The van der Waals surface area contributed by atoms with Crippen molar-refractivity contribution in [3.05, 3.63) is 34.4 Å². The standard InChI is InChI=1S/C40H61N5O7/c1-4-19(16-43-5-2)39(49)51-30-15-26-35(48)34-29(47)14-24(18-46)50-37(34)27-11-21-8-9-44-38(42)33(21)25-7-6-20-10-22-13-31(41)45-17-23(22)12-28(32(20)25)40(30,3)52-36(26)27/h4,7,21-24,26-28,30-31,33-38,43-46,48H,5-6,8-18,41-42H2,1-3H3/p+2. The van der Waals surface area contributed by atoms with E-state index in [4.69, 9.17) is 25.7 Å². The van der Waals surface area contributed by atoms with Gasteiger partial charge in [-0.05, 0) is 88.8 Å². The fourth-order valence-electron chi connectivity index (χ4n) is 12.3. The van der Waals surface area contributed by atoms with Gasteiger partial charge in [0, 0.05) is 42.4 Å². The second-order valence-electron chi connectivity index (χ2n) is 17.6. The predicted octanol–water partition coefficient (Wildman–Crippen LogP) is -0.647. The Balaban J connectivity index is 1.28. The van der Waals surface area contributed by atoms with Gasteiger partial charge < -0.3 is 46.1 Å². The summed E-state index contributed by atoms with van der Waals surface area (Å²) in [5.74, 6) is -0.712. The maximum absolute atomic E-state index is 14.1. The fourth-order valence-corrected chi connectivity index (χ4v) is 12.3. The molecule has 52 heavy (non-hydrogen) atoms. The quantitative estimate of drug-likeness (QED) is 0.137. The Hall–Kier alpha value is -2.00. The summed E-state index contributed by atoms with van der Waals surface area (Å²) in [7, 11) is 0. The lowest BCUT2D eigenvalue weighted by Gasteiger charge is -2.61. The minimum atomic E-state index is -1.02. The van der Waals surface area contributed by atoms with Gasteiger partial charge in [0.15, 0.2) is 0 Å². The van der Waals surface area contributed by atoms with Crippen LogP contribution in [0.25, 0.3) is 0 Å². The number of ketones is 1. The van der Waals surface area contributed by atoms with Gasteiger partial charge in [-0.3, -0.25) is 10.5 Å². The normalized spacial score (nSPS) is 47.3. The van der Waals surface area contributed by atoms with E-state index >= 15 is 0 Å². The van der Waals surface area contributed by atoms with E-state index in [1.165, 1.54) is 16.7 Å². The van der Waals surface area contributed by atoms with Crippen molar-refractivity contribution in [3.63, 3.8) is 0 Å². The molecule has 6 fully saturated rings. The van der Waals surface area contributed by atoms with Gasteiger partial charge >= 0.3 is 5.97 Å². The topological polar surface area (TPSA) is 200 Å². The van der Waals surface area contributed by atoms with Crippen LogP contribution in [0, 0.1) is 47.3 Å². The molecule has 288 valence electrons. The zero-order valence-electron chi connectivity index (χ0n) is 31.3. The summed E-state index contributed by atoms with van der Waals surface area (Å²) in [6.45, 7) is 8.97. The number of aliphatic hydroxyl groups excluding tert-OH is 2. The van der Waals surface area contributed by atoms with Crippen LogP contribution in [-0.2, 0) is 23.8 Å². The number of carbonyl (C=O) groups excluding carboxylic acids is 2. The molecule has 16 unspecified atom stereocenters. The van der Waals surface area contributed by atoms with E-state index in [-0.39, 0.29) is 60.8 Å². The second kappa shape index (κ2) is 14.6. The summed E-state index contributed by atoms with van der Waals surface area (Å²) < 4.78 is 20.9. The molecule has 8 aliphatic rings. The van der Waals surface area contributed by atoms with Crippen molar-refractivity contribution in [1.29, 1.82) is 0 Å². The number of nitrogens with two attached hydrogens (primary N) is 4. The molecular formula is C40H63N5O7+2. The molecule has 12 heteroatoms. The zero-order valence-corrected chi connectivity index (χ0v) is 31.3. The largest absolute Gasteiger partial charge is 0.456 e. The van der Waals surface area contributed by atoms with Gasteiger partial charge in [0.1, 0.15) is 30.2 Å². The Labute approximate surface area is 307 Å². The number of rotatable bonds is 6. The first kappa shape index (κ1) is 36.9. The van der Waals surface area contributed by atoms with Gasteiger partial charge in [0.25, 0.3) is 0 Å². The van der Waals surface area contributed by atoms with Crippen LogP contribution in [0.1, 0.15) is 72.1 Å². The maximum Gasteiger partial charge on any atom is 0.339 e. The van der Waals surface area contributed by atoms with Crippen molar-refractivity contribution >= 4 is 11.8 Å². The third-order valence-corrected chi connectivity index (χ3v) is 14.9. The second-order valence-corrected chi connectivity index (χ2v) is 17.6. The number of aliphatic hydroxyl groups is 2. The molecule has 2 bridgehead atoms. The molecule has 0 amide bonds. The number of hydrogen-bond donors (Lipinski definition) is 7. The highest BCUT2D eigenvalue weighted by atomic mass is 16.6. The lowest BCUT2D eigenvalue weighted by Crippen LogP contribution is -2.96. The molecule has 0 aromatic carbocycles. The molecule has 0 aromatic heterocycles. The van der Waals surface area contributed by atoms with Crippen LogP contribution in [0.3, 0.4) is 0 Å². The van der Waals surface area contributed by atoms with Crippen molar-refractivity contribution in [2.24, 2.45) is 58.8 Å². The summed E-state index contributed by atoms with van der Waals surface area (Å²) in [4.78, 5) is 28.0. The van der Waals surface area contributed by atoms with Crippen LogP contribution in [0.4, 0.5) is 0 Å². The molecule has 12 nitrogen and oxygen atoms in total. The third-order valence-electron chi connectivity index (χ3n) is 14.9. The number of ether oxygens (including phenoxy) is 3. The Kier molecular flexibility index (Phi) is 10.4. The monoisotopic (exact) mass is 725 g/mol. The average Bonchev–Trinajstić information content (AvgIpc) is 3.43. The van der Waals surface area contributed by atoms with E-state index in [9.17, 15) is 19.8 Å². The van der Waals surface area contributed by atoms with Gasteiger partial charge in [-0.25, -0.2) is 4.79 Å². The molecule has 8 rings (SSSR count). The van der Waals surface area contributed by atoms with Gasteiger partial charge in [0.2, 0.25) is 0 Å². The van der Waals surface area contributed by atoms with Crippen molar-refractivity contribution < 1.29 is 44.6 Å². The molecule has 5 saturated heterocycles. The Morgan fingerprint density at radius 1 is 1.13 bits per heavy atom. The van der Waals surface area contributed by atoms with Gasteiger partial charge in [-0.2, -0.15) is 0 Å². The van der Waals surface area contributed by atoms with Crippen LogP contribution < -0.4 is 27.4 Å². The SMILES string of the molecule is CC=C(C[NH2+]CC)C(=O)OC1CC2C(O)C3C(=O)CC(CO)OC3C3CC4CCNC(N)C4C4=CCC5=C4C(CC4C[NH2+]C(N)CC4C5)C1(C)OC23. The maximum atomic E-state index is 14.1. The lowest BCUT2D eigenvalue weighted by molar-refractivity contribution is -0.706. The smallest absolute Gasteiger partial charge is 0.339 e. The number of allylic oxidation sites excluding steroid dienone is 3. The minimum absolute atomic E-state index is 0.0528. The molecule has 1 saturated carbocycles. The van der Waals surface area contributed by atoms with Crippen LogP contribution in [-0.4, -0.2) is 103 Å². The Bertz CT molecular complexity index is 1500. The number of fused-ring (bicyclic) bond motifs is 7. The highest BCUT2D eigenvalue weighted by Crippen LogP contribution is 2.59. The van der Waals surface area contributed by atoms with E-state index in [0.29, 0.717) is 30.4 Å². The van der Waals surface area contributed by atoms with Crippen molar-refractivity contribution in [1.82, 2.24) is 5.32 Å². The zero-order chi connectivity index (χ0) is 36.5. The molecule has 11 N–H and O–H groups in total. The Morgan fingerprint density at radius 3 is 2.73 bits per heavy atom. The predicted molar refractivity (Wildman–Crippen MR) is 192 cm³/mol. The number of esters is 1. The number of likely N-dealkylation sites (N-methyl/N-ethyl adjacent to an activating group) is 1. The molecule has 16 atom stereocenters. The van der Waals surface area contributed by atoms with Gasteiger partial charge in [-0.1, -0.05) is 17.7 Å². The van der Waals surface area contributed by atoms with Crippen molar-refractivity contribution in [3.8, 4) is 0 Å². The molecule has 5 heterocycles. The van der Waals surface area contributed by atoms with Crippen LogP contribution in [0.2, 0.25) is 0 Å². The highest BCUT2D eigenvalue weighted by Gasteiger charge is 2.65. The van der Waals surface area contributed by atoms with E-state index in [0.717, 1.165) is 58.2 Å². The van der Waals surface area contributed by atoms with E-state index in [1.807, 2.05) is 13.0 Å². The molecule has 5 aliphatic heterocycles. The third kappa shape index (κ3) is 6.18. The summed E-state index contributed by atoms with van der Waals surface area (Å²) >= 11 is 0. The van der Waals surface area contributed by atoms with Crippen LogP contribution in [0.15, 0.2) is 34.4 Å². The number of quaternary nitrogens is 2. The number of nitrogens with one attached hydrogen (secondary N) is 1. The van der Waals surface area contributed by atoms with E-state index in [1.54, 1.807) is 0 Å². The number of Topliss-reactive ketones (excluding diaryl/α,β-unsaturated/α-hetero) is 1.